The molecule has 2 aliphatic carbocycles. The highest BCUT2D eigenvalue weighted by Gasteiger charge is 2.42. The molecule has 3 aliphatic rings. The van der Waals surface area contributed by atoms with Crippen molar-refractivity contribution in [2.45, 2.75) is 69.2 Å². The highest BCUT2D eigenvalue weighted by atomic mass is 16.5. The molecule has 0 bridgehead atoms. The summed E-state index contributed by atoms with van der Waals surface area (Å²) in [5.74, 6) is -0.191. The molecule has 1 heterocycles. The molecular weight excluding hydrogens is 282 g/mol. The van der Waals surface area contributed by atoms with Crippen LogP contribution in [-0.2, 0) is 14.3 Å². The van der Waals surface area contributed by atoms with Crippen molar-refractivity contribution in [3.63, 3.8) is 0 Å². The maximum atomic E-state index is 12.8. The van der Waals surface area contributed by atoms with E-state index in [9.17, 15) is 9.59 Å². The van der Waals surface area contributed by atoms with Crippen LogP contribution in [0.5, 0.6) is 0 Å². The van der Waals surface area contributed by atoms with Crippen LogP contribution in [0.15, 0.2) is 0 Å². The summed E-state index contributed by atoms with van der Waals surface area (Å²) in [7, 11) is 1.64. The van der Waals surface area contributed by atoms with E-state index in [1.807, 2.05) is 4.90 Å². The lowest BCUT2D eigenvalue weighted by atomic mass is 10.2. The Balaban J connectivity index is 1.64. The van der Waals surface area contributed by atoms with Crippen molar-refractivity contribution in [3.8, 4) is 0 Å². The second-order valence-electron chi connectivity index (χ2n) is 6.91. The second-order valence-corrected chi connectivity index (χ2v) is 6.91. The van der Waals surface area contributed by atoms with Crippen LogP contribution in [0.4, 0.5) is 0 Å². The SMILES string of the molecule is CO[C@H]1C[C@@H](C(N)=O)N(CC(=O)N(C2CCCC2)C2CC2)C1. The largest absolute Gasteiger partial charge is 0.380 e. The van der Waals surface area contributed by atoms with Crippen molar-refractivity contribution in [1.29, 1.82) is 0 Å². The van der Waals surface area contributed by atoms with Gasteiger partial charge < -0.3 is 15.4 Å². The van der Waals surface area contributed by atoms with Crippen LogP contribution < -0.4 is 5.73 Å². The van der Waals surface area contributed by atoms with Crippen LogP contribution in [0.3, 0.4) is 0 Å². The van der Waals surface area contributed by atoms with Crippen molar-refractivity contribution in [1.82, 2.24) is 9.80 Å². The summed E-state index contributed by atoms with van der Waals surface area (Å²) in [6.07, 6.45) is 7.54. The molecule has 0 unspecified atom stereocenters. The number of carbonyl (C=O) groups is 2. The summed E-state index contributed by atoms with van der Waals surface area (Å²) in [6, 6.07) is 0.467. The van der Waals surface area contributed by atoms with Crippen LogP contribution in [0.25, 0.3) is 0 Å². The van der Waals surface area contributed by atoms with Gasteiger partial charge in [-0.25, -0.2) is 0 Å². The first kappa shape index (κ1) is 15.7. The molecule has 0 aromatic heterocycles. The summed E-state index contributed by atoms with van der Waals surface area (Å²) in [5, 5.41) is 0. The van der Waals surface area contributed by atoms with Gasteiger partial charge in [-0.15, -0.1) is 0 Å². The predicted octanol–water partition coefficient (Wildman–Crippen LogP) is 0.495. The molecule has 124 valence electrons. The number of nitrogens with two attached hydrogens (primary N) is 1. The fourth-order valence-corrected chi connectivity index (χ4v) is 4.00. The van der Waals surface area contributed by atoms with Crippen molar-refractivity contribution in [3.05, 3.63) is 0 Å². The number of amides is 2. The Bertz CT molecular complexity index is 432. The van der Waals surface area contributed by atoms with Crippen molar-refractivity contribution in [2.75, 3.05) is 20.2 Å². The maximum absolute atomic E-state index is 12.8. The van der Waals surface area contributed by atoms with E-state index in [-0.39, 0.29) is 24.0 Å². The fourth-order valence-electron chi connectivity index (χ4n) is 4.00. The zero-order chi connectivity index (χ0) is 15.7. The van der Waals surface area contributed by atoms with E-state index in [1.165, 1.54) is 12.8 Å². The molecule has 1 saturated heterocycles. The Labute approximate surface area is 131 Å². The standard InChI is InChI=1S/C16H27N3O3/c1-22-13-8-14(16(17)21)18(9-13)10-15(20)19(12-6-7-12)11-4-2-3-5-11/h11-14H,2-10H2,1H3,(H2,17,21)/t13-,14-/m0/s1. The van der Waals surface area contributed by atoms with E-state index in [4.69, 9.17) is 10.5 Å². The molecule has 0 radical (unpaired) electrons. The topological polar surface area (TPSA) is 75.9 Å². The minimum Gasteiger partial charge on any atom is -0.380 e. The number of ether oxygens (including phenoxy) is 1. The lowest BCUT2D eigenvalue weighted by molar-refractivity contribution is -0.136. The number of rotatable bonds is 6. The summed E-state index contributed by atoms with van der Waals surface area (Å²) in [5.41, 5.74) is 5.49. The summed E-state index contributed by atoms with van der Waals surface area (Å²) in [6.45, 7) is 0.902. The second kappa shape index (κ2) is 6.54. The molecule has 0 aromatic rings. The first-order valence-electron chi connectivity index (χ1n) is 8.47. The Morgan fingerprint density at radius 1 is 1.18 bits per heavy atom. The number of hydrogen-bond acceptors (Lipinski definition) is 4. The Morgan fingerprint density at radius 2 is 1.82 bits per heavy atom. The smallest absolute Gasteiger partial charge is 0.237 e. The molecule has 2 atom stereocenters. The van der Waals surface area contributed by atoms with Gasteiger partial charge in [-0.2, -0.15) is 0 Å². The first-order chi connectivity index (χ1) is 10.6. The molecule has 2 amide bonds. The summed E-state index contributed by atoms with van der Waals surface area (Å²) in [4.78, 5) is 28.5. The number of primary amides is 1. The molecule has 3 fully saturated rings. The van der Waals surface area contributed by atoms with Gasteiger partial charge in [0.1, 0.15) is 0 Å². The highest BCUT2D eigenvalue weighted by molar-refractivity contribution is 5.83. The van der Waals surface area contributed by atoms with Crippen LogP contribution >= 0.6 is 0 Å². The van der Waals surface area contributed by atoms with E-state index in [0.29, 0.717) is 31.6 Å². The molecule has 2 saturated carbocycles. The molecule has 22 heavy (non-hydrogen) atoms. The predicted molar refractivity (Wildman–Crippen MR) is 82.1 cm³/mol. The molecular formula is C16H27N3O3. The van der Waals surface area contributed by atoms with Crippen molar-refractivity contribution >= 4 is 11.8 Å². The molecule has 1 aliphatic heterocycles. The quantitative estimate of drug-likeness (QED) is 0.775. The van der Waals surface area contributed by atoms with Gasteiger partial charge in [0.15, 0.2) is 0 Å². The summed E-state index contributed by atoms with van der Waals surface area (Å²) >= 11 is 0. The van der Waals surface area contributed by atoms with Gasteiger partial charge in [0, 0.05) is 25.7 Å². The normalized spacial score (nSPS) is 29.9. The van der Waals surface area contributed by atoms with Crippen LogP contribution in [-0.4, -0.2) is 66.0 Å². The molecule has 0 aromatic carbocycles. The summed E-state index contributed by atoms with van der Waals surface area (Å²) < 4.78 is 5.35. The number of carbonyl (C=O) groups excluding carboxylic acids is 2. The van der Waals surface area contributed by atoms with Crippen molar-refractivity contribution in [2.24, 2.45) is 5.73 Å². The number of hydrogen-bond donors (Lipinski definition) is 1. The van der Waals surface area contributed by atoms with Crippen molar-refractivity contribution < 1.29 is 14.3 Å². The Morgan fingerprint density at radius 3 is 2.36 bits per heavy atom. The zero-order valence-electron chi connectivity index (χ0n) is 13.4. The fraction of sp³-hybridized carbons (Fsp3) is 0.875. The van der Waals surface area contributed by atoms with Gasteiger partial charge in [-0.1, -0.05) is 12.8 Å². The van der Waals surface area contributed by atoms with Crippen LogP contribution in [0.1, 0.15) is 44.9 Å². The third kappa shape index (κ3) is 3.27. The first-order valence-corrected chi connectivity index (χ1v) is 8.47. The van der Waals surface area contributed by atoms with Gasteiger partial charge in [0.2, 0.25) is 11.8 Å². The lowest BCUT2D eigenvalue weighted by Crippen LogP contribution is -2.49. The third-order valence-corrected chi connectivity index (χ3v) is 5.31. The zero-order valence-corrected chi connectivity index (χ0v) is 13.4. The molecule has 6 nitrogen and oxygen atoms in total. The Hall–Kier alpha value is -1.14. The number of methoxy groups -OCH3 is 1. The Kier molecular flexibility index (Phi) is 4.68. The lowest BCUT2D eigenvalue weighted by Gasteiger charge is -2.32. The van der Waals surface area contributed by atoms with Gasteiger partial charge in [-0.3, -0.25) is 14.5 Å². The van der Waals surface area contributed by atoms with E-state index in [0.717, 1.165) is 25.7 Å². The molecule has 6 heteroatoms. The molecule has 2 N–H and O–H groups in total. The number of nitrogens with zero attached hydrogens (tertiary/aromatic N) is 2. The van der Waals surface area contributed by atoms with Gasteiger partial charge >= 0.3 is 0 Å². The van der Waals surface area contributed by atoms with E-state index in [2.05, 4.69) is 4.90 Å². The monoisotopic (exact) mass is 309 g/mol. The minimum atomic E-state index is -0.376. The highest BCUT2D eigenvalue weighted by Crippen LogP contribution is 2.35. The third-order valence-electron chi connectivity index (χ3n) is 5.31. The van der Waals surface area contributed by atoms with Crippen LogP contribution in [0.2, 0.25) is 0 Å². The average Bonchev–Trinajstić information content (AvgIpc) is 3.01. The van der Waals surface area contributed by atoms with E-state index >= 15 is 0 Å². The van der Waals surface area contributed by atoms with Crippen LogP contribution in [0, 0.1) is 0 Å². The van der Waals surface area contributed by atoms with Gasteiger partial charge in [0.05, 0.1) is 18.7 Å². The van der Waals surface area contributed by atoms with Gasteiger partial charge in [-0.05, 0) is 32.1 Å². The molecule has 3 rings (SSSR count). The molecule has 0 spiro atoms. The van der Waals surface area contributed by atoms with Gasteiger partial charge in [0.25, 0.3) is 0 Å². The minimum absolute atomic E-state index is 0.00819. The van der Waals surface area contributed by atoms with E-state index < -0.39 is 0 Å². The maximum Gasteiger partial charge on any atom is 0.237 e. The number of likely N-dealkylation sites (tertiary alicyclic amines) is 1. The average molecular weight is 309 g/mol. The van der Waals surface area contributed by atoms with E-state index in [1.54, 1.807) is 7.11 Å².